The van der Waals surface area contributed by atoms with Crippen LogP contribution in [0.5, 0.6) is 0 Å². The molecule has 1 amide bonds. The summed E-state index contributed by atoms with van der Waals surface area (Å²) in [6.45, 7) is 2.26. The number of hydrogen-bond acceptors (Lipinski definition) is 4. The van der Waals surface area contributed by atoms with Gasteiger partial charge in [0.1, 0.15) is 6.54 Å². The van der Waals surface area contributed by atoms with Gasteiger partial charge in [0.25, 0.3) is 0 Å². The summed E-state index contributed by atoms with van der Waals surface area (Å²) in [5, 5.41) is 16.9. The Kier molecular flexibility index (Phi) is 4.35. The first-order valence-corrected chi connectivity index (χ1v) is 8.76. The fourth-order valence-corrected chi connectivity index (χ4v) is 3.18. The number of amides is 1. The zero-order valence-corrected chi connectivity index (χ0v) is 14.5. The lowest BCUT2D eigenvalue weighted by molar-refractivity contribution is -0.122. The molecule has 1 aromatic carbocycles. The predicted octanol–water partition coefficient (Wildman–Crippen LogP) is 2.74. The second-order valence-electron chi connectivity index (χ2n) is 6.26. The Labute approximate surface area is 150 Å². The molecule has 0 aliphatic carbocycles. The summed E-state index contributed by atoms with van der Waals surface area (Å²) >= 11 is 0. The number of aromatic nitrogens is 5. The zero-order valence-electron chi connectivity index (χ0n) is 14.5. The van der Waals surface area contributed by atoms with Gasteiger partial charge in [0.2, 0.25) is 5.91 Å². The molecule has 3 heterocycles. The third-order valence-electron chi connectivity index (χ3n) is 4.41. The maximum absolute atomic E-state index is 12.6. The standard InChI is InChI=1S/C19H20N6O/c1-2-7-15(19-23-22-17-10-5-6-11-24(17)19)21-18(26)13-25-16-9-4-3-8-14(16)12-20-25/h3-6,8-12,15H,2,7,13H2,1H3,(H,21,26)/t15-/m1/s1. The maximum atomic E-state index is 12.6. The lowest BCUT2D eigenvalue weighted by Gasteiger charge is -2.17. The molecule has 0 radical (unpaired) electrons. The first-order chi connectivity index (χ1) is 12.8. The average molecular weight is 348 g/mol. The molecule has 0 spiro atoms. The number of fused-ring (bicyclic) bond motifs is 2. The number of para-hydroxylation sites is 1. The summed E-state index contributed by atoms with van der Waals surface area (Å²) in [5.74, 6) is 0.658. The van der Waals surface area contributed by atoms with Crippen molar-refractivity contribution in [2.75, 3.05) is 0 Å². The van der Waals surface area contributed by atoms with Crippen LogP contribution >= 0.6 is 0 Å². The van der Waals surface area contributed by atoms with E-state index in [2.05, 4.69) is 27.5 Å². The molecule has 1 atom stereocenters. The molecule has 3 aromatic heterocycles. The Balaban J connectivity index is 1.55. The number of hydrogen-bond donors (Lipinski definition) is 1. The fourth-order valence-electron chi connectivity index (χ4n) is 3.18. The van der Waals surface area contributed by atoms with Crippen molar-refractivity contribution in [3.05, 3.63) is 60.7 Å². The third kappa shape index (κ3) is 3.03. The highest BCUT2D eigenvalue weighted by atomic mass is 16.2. The highest BCUT2D eigenvalue weighted by molar-refractivity contribution is 5.82. The monoisotopic (exact) mass is 348 g/mol. The van der Waals surface area contributed by atoms with E-state index < -0.39 is 0 Å². The minimum absolute atomic E-state index is 0.0926. The molecule has 7 heteroatoms. The van der Waals surface area contributed by atoms with Gasteiger partial charge in [-0.2, -0.15) is 5.10 Å². The van der Waals surface area contributed by atoms with Crippen molar-refractivity contribution in [2.24, 2.45) is 0 Å². The van der Waals surface area contributed by atoms with Gasteiger partial charge in [0.05, 0.1) is 17.8 Å². The van der Waals surface area contributed by atoms with Gasteiger partial charge in [0, 0.05) is 11.6 Å². The van der Waals surface area contributed by atoms with Crippen LogP contribution in [0, 0.1) is 0 Å². The van der Waals surface area contributed by atoms with E-state index in [9.17, 15) is 4.79 Å². The predicted molar refractivity (Wildman–Crippen MR) is 98.5 cm³/mol. The SMILES string of the molecule is CCC[C@@H](NC(=O)Cn1ncc2ccccc21)c1nnc2ccccn12. The Hall–Kier alpha value is -3.22. The smallest absolute Gasteiger partial charge is 0.242 e. The van der Waals surface area contributed by atoms with Crippen molar-refractivity contribution < 1.29 is 4.79 Å². The van der Waals surface area contributed by atoms with E-state index >= 15 is 0 Å². The van der Waals surface area contributed by atoms with Crippen LogP contribution in [0.4, 0.5) is 0 Å². The Morgan fingerprint density at radius 2 is 2.00 bits per heavy atom. The van der Waals surface area contributed by atoms with Crippen LogP contribution in [0.1, 0.15) is 31.6 Å². The summed E-state index contributed by atoms with van der Waals surface area (Å²) in [5.41, 5.74) is 1.72. The Morgan fingerprint density at radius 3 is 2.88 bits per heavy atom. The first kappa shape index (κ1) is 16.3. The molecule has 4 rings (SSSR count). The fraction of sp³-hybridized carbons (Fsp3) is 0.263. The number of benzene rings is 1. The topological polar surface area (TPSA) is 77.1 Å². The lowest BCUT2D eigenvalue weighted by atomic mass is 10.1. The highest BCUT2D eigenvalue weighted by Crippen LogP contribution is 2.18. The second kappa shape index (κ2) is 6.95. The molecule has 4 aromatic rings. The molecule has 1 N–H and O–H groups in total. The van der Waals surface area contributed by atoms with Crippen LogP contribution in [0.3, 0.4) is 0 Å². The summed E-state index contributed by atoms with van der Waals surface area (Å²) < 4.78 is 3.64. The zero-order chi connectivity index (χ0) is 17.9. The number of nitrogens with one attached hydrogen (secondary N) is 1. The van der Waals surface area contributed by atoms with E-state index in [0.717, 1.165) is 35.2 Å². The van der Waals surface area contributed by atoms with Gasteiger partial charge in [-0.3, -0.25) is 13.9 Å². The van der Waals surface area contributed by atoms with E-state index in [-0.39, 0.29) is 18.5 Å². The van der Waals surface area contributed by atoms with Crippen LogP contribution in [-0.4, -0.2) is 30.3 Å². The van der Waals surface area contributed by atoms with E-state index in [0.29, 0.717) is 0 Å². The van der Waals surface area contributed by atoms with E-state index in [1.165, 1.54) is 0 Å². The molecule has 0 fully saturated rings. The quantitative estimate of drug-likeness (QED) is 0.581. The van der Waals surface area contributed by atoms with Gasteiger partial charge < -0.3 is 5.32 Å². The molecule has 0 aliphatic rings. The van der Waals surface area contributed by atoms with Crippen molar-refractivity contribution in [1.82, 2.24) is 29.7 Å². The summed E-state index contributed by atoms with van der Waals surface area (Å²) in [6.07, 6.45) is 5.41. The van der Waals surface area contributed by atoms with Crippen LogP contribution in [0.2, 0.25) is 0 Å². The number of nitrogens with zero attached hydrogens (tertiary/aromatic N) is 5. The van der Waals surface area contributed by atoms with Crippen molar-refractivity contribution >= 4 is 22.5 Å². The number of carbonyl (C=O) groups is 1. The van der Waals surface area contributed by atoms with Gasteiger partial charge in [-0.25, -0.2) is 0 Å². The molecular formula is C19H20N6O. The van der Waals surface area contributed by atoms with Gasteiger partial charge in [0.15, 0.2) is 11.5 Å². The van der Waals surface area contributed by atoms with Crippen molar-refractivity contribution in [3.8, 4) is 0 Å². The van der Waals surface area contributed by atoms with Gasteiger partial charge in [-0.05, 0) is 24.6 Å². The van der Waals surface area contributed by atoms with Crippen LogP contribution in [0.25, 0.3) is 16.6 Å². The first-order valence-electron chi connectivity index (χ1n) is 8.76. The van der Waals surface area contributed by atoms with Crippen molar-refractivity contribution in [2.45, 2.75) is 32.4 Å². The largest absolute Gasteiger partial charge is 0.344 e. The minimum atomic E-state index is -0.188. The van der Waals surface area contributed by atoms with Crippen molar-refractivity contribution in [1.29, 1.82) is 0 Å². The van der Waals surface area contributed by atoms with Crippen LogP contribution in [-0.2, 0) is 11.3 Å². The Bertz CT molecular complexity index is 1050. The molecule has 132 valence electrons. The summed E-state index contributed by atoms with van der Waals surface area (Å²) in [4.78, 5) is 12.6. The molecule has 7 nitrogen and oxygen atoms in total. The highest BCUT2D eigenvalue weighted by Gasteiger charge is 2.20. The molecule has 0 saturated heterocycles. The molecular weight excluding hydrogens is 328 g/mol. The van der Waals surface area contributed by atoms with Gasteiger partial charge in [-0.1, -0.05) is 37.6 Å². The molecule has 26 heavy (non-hydrogen) atoms. The van der Waals surface area contributed by atoms with E-state index in [1.54, 1.807) is 10.9 Å². The maximum Gasteiger partial charge on any atom is 0.242 e. The Morgan fingerprint density at radius 1 is 1.15 bits per heavy atom. The lowest BCUT2D eigenvalue weighted by Crippen LogP contribution is -2.32. The normalized spacial score (nSPS) is 12.5. The van der Waals surface area contributed by atoms with Gasteiger partial charge in [-0.15, -0.1) is 10.2 Å². The molecule has 0 saturated carbocycles. The van der Waals surface area contributed by atoms with Crippen LogP contribution in [0.15, 0.2) is 54.9 Å². The minimum Gasteiger partial charge on any atom is -0.344 e. The van der Waals surface area contributed by atoms with Crippen molar-refractivity contribution in [3.63, 3.8) is 0 Å². The molecule has 0 aliphatic heterocycles. The summed E-state index contributed by atoms with van der Waals surface area (Å²) in [7, 11) is 0. The van der Waals surface area contributed by atoms with E-state index in [1.807, 2.05) is 53.1 Å². The number of rotatable bonds is 6. The van der Waals surface area contributed by atoms with Gasteiger partial charge >= 0.3 is 0 Å². The molecule has 0 bridgehead atoms. The number of pyridine rings is 1. The third-order valence-corrected chi connectivity index (χ3v) is 4.41. The second-order valence-corrected chi connectivity index (χ2v) is 6.26. The average Bonchev–Trinajstić information content (AvgIpc) is 3.26. The van der Waals surface area contributed by atoms with E-state index in [4.69, 9.17) is 0 Å². The molecule has 0 unspecified atom stereocenters. The number of carbonyl (C=O) groups excluding carboxylic acids is 1. The van der Waals surface area contributed by atoms with Crippen LogP contribution < -0.4 is 5.32 Å². The summed E-state index contributed by atoms with van der Waals surface area (Å²) in [6, 6.07) is 13.4.